The zero-order chi connectivity index (χ0) is 24.8. The van der Waals surface area contributed by atoms with Gasteiger partial charge in [0.1, 0.15) is 0 Å². The molecule has 2 unspecified atom stereocenters. The third kappa shape index (κ3) is 24.6. The van der Waals surface area contributed by atoms with Gasteiger partial charge in [-0.15, -0.1) is 0 Å². The van der Waals surface area contributed by atoms with E-state index < -0.39 is 29.2 Å². The normalized spacial score (nSPS) is 14.1. The van der Waals surface area contributed by atoms with Crippen molar-refractivity contribution in [3.8, 4) is 0 Å². The third-order valence-electron chi connectivity index (χ3n) is 5.89. The summed E-state index contributed by atoms with van der Waals surface area (Å²) < 4.78 is 34.0. The van der Waals surface area contributed by atoms with E-state index >= 15 is 0 Å². The van der Waals surface area contributed by atoms with E-state index in [1.54, 1.807) is 4.90 Å². The van der Waals surface area contributed by atoms with Gasteiger partial charge in [0.05, 0.1) is 25.4 Å². The number of rotatable bonds is 25. The van der Waals surface area contributed by atoms with Gasteiger partial charge in [-0.25, -0.2) is 4.18 Å². The van der Waals surface area contributed by atoms with Crippen LogP contribution in [0.2, 0.25) is 0 Å². The van der Waals surface area contributed by atoms with Crippen LogP contribution in [0.1, 0.15) is 110 Å². The van der Waals surface area contributed by atoms with Gasteiger partial charge in [-0.1, -0.05) is 103 Å². The monoisotopic (exact) mass is 497 g/mol. The molecule has 0 bridgehead atoms. The lowest BCUT2D eigenvalue weighted by Crippen LogP contribution is -2.41. The predicted octanol–water partition coefficient (Wildman–Crippen LogP) is 4.08. The van der Waals surface area contributed by atoms with E-state index in [-0.39, 0.29) is 19.7 Å². The molecule has 0 amide bonds. The minimum Gasteiger partial charge on any atom is -0.394 e. The number of nitrogens with zero attached hydrogens (tertiary/aromatic N) is 1. The Balaban J connectivity index is 3.72. The molecule has 0 aromatic carbocycles. The van der Waals surface area contributed by atoms with Gasteiger partial charge in [0.15, 0.2) is 0 Å². The van der Waals surface area contributed by atoms with Crippen molar-refractivity contribution >= 4 is 10.4 Å². The Bertz CT molecular complexity index is 519. The second-order valence-electron chi connectivity index (χ2n) is 9.27. The summed E-state index contributed by atoms with van der Waals surface area (Å²) in [6.45, 7) is 2.21. The fraction of sp³-hybridized carbons (Fsp3) is 1.00. The molecule has 4 N–H and O–H groups in total. The van der Waals surface area contributed by atoms with Crippen molar-refractivity contribution in [3.63, 3.8) is 0 Å². The SMILES string of the molecule is CCCCCCCCCCCCCCCCCCN(CC(O)CO)CC(O)COS(=O)(=O)O. The summed E-state index contributed by atoms with van der Waals surface area (Å²) in [5.41, 5.74) is 0. The second kappa shape index (κ2) is 22.2. The Morgan fingerprint density at radius 2 is 1.09 bits per heavy atom. The first-order chi connectivity index (χ1) is 15.8. The smallest absolute Gasteiger partial charge is 0.394 e. The Morgan fingerprint density at radius 1 is 0.697 bits per heavy atom. The summed E-state index contributed by atoms with van der Waals surface area (Å²) in [6.07, 6.45) is 18.5. The molecular weight excluding hydrogens is 446 g/mol. The molecule has 0 heterocycles. The predicted molar refractivity (Wildman–Crippen MR) is 133 cm³/mol. The topological polar surface area (TPSA) is 128 Å². The lowest BCUT2D eigenvalue weighted by molar-refractivity contribution is 0.0258. The summed E-state index contributed by atoms with van der Waals surface area (Å²) in [4.78, 5) is 1.78. The molecule has 0 rings (SSSR count). The maximum absolute atomic E-state index is 10.6. The van der Waals surface area contributed by atoms with Crippen LogP contribution >= 0.6 is 0 Å². The number of hydrogen-bond donors (Lipinski definition) is 4. The average Bonchev–Trinajstić information content (AvgIpc) is 2.76. The van der Waals surface area contributed by atoms with Crippen LogP contribution in [-0.2, 0) is 14.6 Å². The first-order valence-corrected chi connectivity index (χ1v) is 14.5. The Kier molecular flexibility index (Phi) is 22.0. The van der Waals surface area contributed by atoms with Crippen LogP contribution in [0.15, 0.2) is 0 Å². The highest BCUT2D eigenvalue weighted by Gasteiger charge is 2.17. The van der Waals surface area contributed by atoms with Gasteiger partial charge in [0.2, 0.25) is 0 Å². The highest BCUT2D eigenvalue weighted by Crippen LogP contribution is 2.14. The molecule has 9 heteroatoms. The fourth-order valence-electron chi connectivity index (χ4n) is 4.01. The zero-order valence-corrected chi connectivity index (χ0v) is 21.7. The van der Waals surface area contributed by atoms with Crippen LogP contribution in [0.3, 0.4) is 0 Å². The molecule has 0 aromatic heterocycles. The van der Waals surface area contributed by atoms with Crippen molar-refractivity contribution in [1.82, 2.24) is 4.90 Å². The van der Waals surface area contributed by atoms with Crippen molar-refractivity contribution in [3.05, 3.63) is 0 Å². The van der Waals surface area contributed by atoms with Crippen molar-refractivity contribution < 1.29 is 32.5 Å². The maximum Gasteiger partial charge on any atom is 0.397 e. The van der Waals surface area contributed by atoms with E-state index in [0.717, 1.165) is 19.3 Å². The van der Waals surface area contributed by atoms with Gasteiger partial charge >= 0.3 is 10.4 Å². The Labute approximate surface area is 202 Å². The lowest BCUT2D eigenvalue weighted by Gasteiger charge is -2.26. The second-order valence-corrected chi connectivity index (χ2v) is 10.4. The highest BCUT2D eigenvalue weighted by molar-refractivity contribution is 7.80. The molecule has 0 aliphatic rings. The summed E-state index contributed by atoms with van der Waals surface area (Å²) in [7, 11) is -4.60. The third-order valence-corrected chi connectivity index (χ3v) is 6.32. The molecule has 0 spiro atoms. The van der Waals surface area contributed by atoms with E-state index in [1.807, 2.05) is 0 Å². The molecule has 0 fully saturated rings. The van der Waals surface area contributed by atoms with Crippen LogP contribution in [0.5, 0.6) is 0 Å². The summed E-state index contributed by atoms with van der Waals surface area (Å²) in [5, 5.41) is 28.7. The van der Waals surface area contributed by atoms with E-state index in [0.29, 0.717) is 6.54 Å². The van der Waals surface area contributed by atoms with Gasteiger partial charge in [0, 0.05) is 13.1 Å². The molecule has 33 heavy (non-hydrogen) atoms. The average molecular weight is 498 g/mol. The molecule has 8 nitrogen and oxygen atoms in total. The number of aliphatic hydroxyl groups excluding tert-OH is 3. The summed E-state index contributed by atoms with van der Waals surface area (Å²) in [6, 6.07) is 0. The lowest BCUT2D eigenvalue weighted by atomic mass is 10.0. The Morgan fingerprint density at radius 3 is 1.48 bits per heavy atom. The molecule has 2 atom stereocenters. The number of unbranched alkanes of at least 4 members (excludes halogenated alkanes) is 15. The van der Waals surface area contributed by atoms with Gasteiger partial charge in [-0.05, 0) is 13.0 Å². The van der Waals surface area contributed by atoms with E-state index in [4.69, 9.17) is 9.66 Å². The molecule has 0 aliphatic heterocycles. The van der Waals surface area contributed by atoms with Crippen LogP contribution in [0, 0.1) is 0 Å². The van der Waals surface area contributed by atoms with Crippen LogP contribution < -0.4 is 0 Å². The Hall–Kier alpha value is -0.290. The van der Waals surface area contributed by atoms with E-state index in [1.165, 1.54) is 83.5 Å². The molecule has 0 aliphatic carbocycles. The maximum atomic E-state index is 10.6. The molecular formula is C24H51NO7S. The number of hydrogen-bond acceptors (Lipinski definition) is 7. The fourth-order valence-corrected chi connectivity index (χ4v) is 4.34. The zero-order valence-electron chi connectivity index (χ0n) is 20.9. The molecule has 0 saturated heterocycles. The first-order valence-electron chi connectivity index (χ1n) is 13.1. The minimum absolute atomic E-state index is 0.0886. The molecule has 0 radical (unpaired) electrons. The molecule has 200 valence electrons. The van der Waals surface area contributed by atoms with Gasteiger partial charge in [-0.2, -0.15) is 8.42 Å². The first kappa shape index (κ1) is 32.7. The standard InChI is InChI=1S/C24H51NO7S/c1-2-3-4-5-6-7-8-9-10-11-12-13-14-15-16-17-18-25(19-23(27)21-26)20-24(28)22-32-33(29,30)31/h23-24,26-28H,2-22H2,1H3,(H,29,30,31). The van der Waals surface area contributed by atoms with Crippen LogP contribution in [0.4, 0.5) is 0 Å². The van der Waals surface area contributed by atoms with Crippen molar-refractivity contribution in [2.45, 2.75) is 122 Å². The quantitative estimate of drug-likeness (QED) is 0.110. The molecule has 0 saturated carbocycles. The van der Waals surface area contributed by atoms with Gasteiger partial charge in [0.25, 0.3) is 0 Å². The number of aliphatic hydroxyl groups is 3. The molecule has 0 aromatic rings. The van der Waals surface area contributed by atoms with Crippen molar-refractivity contribution in [2.24, 2.45) is 0 Å². The van der Waals surface area contributed by atoms with Crippen LogP contribution in [-0.4, -0.2) is 78.2 Å². The van der Waals surface area contributed by atoms with Gasteiger partial charge in [-0.3, -0.25) is 9.45 Å². The summed E-state index contributed by atoms with van der Waals surface area (Å²) >= 11 is 0. The van der Waals surface area contributed by atoms with Crippen molar-refractivity contribution in [1.29, 1.82) is 0 Å². The minimum atomic E-state index is -4.60. The van der Waals surface area contributed by atoms with E-state index in [2.05, 4.69) is 11.1 Å². The largest absolute Gasteiger partial charge is 0.397 e. The van der Waals surface area contributed by atoms with Gasteiger partial charge < -0.3 is 15.3 Å². The van der Waals surface area contributed by atoms with Crippen LogP contribution in [0.25, 0.3) is 0 Å². The highest BCUT2D eigenvalue weighted by atomic mass is 32.3. The van der Waals surface area contributed by atoms with Crippen molar-refractivity contribution in [2.75, 3.05) is 32.8 Å². The summed E-state index contributed by atoms with van der Waals surface area (Å²) in [5.74, 6) is 0. The van der Waals surface area contributed by atoms with E-state index in [9.17, 15) is 18.6 Å².